The normalized spacial score (nSPS) is 10.2. The van der Waals surface area contributed by atoms with Gasteiger partial charge in [0.15, 0.2) is 0 Å². The Hall–Kier alpha value is -0.550. The molecule has 3 nitrogen and oxygen atoms in total. The van der Waals surface area contributed by atoms with Gasteiger partial charge in [-0.15, -0.1) is 11.3 Å². The van der Waals surface area contributed by atoms with E-state index in [9.17, 15) is 4.79 Å². The summed E-state index contributed by atoms with van der Waals surface area (Å²) >= 11 is 2.97. The smallest absolute Gasteiger partial charge is 0.365 e. The molecule has 1 rings (SSSR count). The molecule has 0 bridgehead atoms. The first-order valence-corrected chi connectivity index (χ1v) is 6.03. The van der Waals surface area contributed by atoms with E-state index >= 15 is 0 Å². The molecular formula is C8H11NO2S2. The highest BCUT2D eigenvalue weighted by atomic mass is 32.2. The van der Waals surface area contributed by atoms with Crippen molar-refractivity contribution in [2.75, 3.05) is 5.75 Å². The number of aromatic carboxylic acids is 1. The third-order valence-corrected chi connectivity index (χ3v) is 3.41. The SMILES string of the molecule is CCCSCc1csc(C(=O)O)n1. The lowest BCUT2D eigenvalue weighted by Crippen LogP contribution is -1.95. The summed E-state index contributed by atoms with van der Waals surface area (Å²) < 4.78 is 0. The fourth-order valence-electron chi connectivity index (χ4n) is 0.793. The van der Waals surface area contributed by atoms with E-state index in [1.54, 1.807) is 11.8 Å². The average molecular weight is 217 g/mol. The van der Waals surface area contributed by atoms with Gasteiger partial charge in [-0.3, -0.25) is 0 Å². The summed E-state index contributed by atoms with van der Waals surface area (Å²) in [6.45, 7) is 2.12. The van der Waals surface area contributed by atoms with Crippen LogP contribution in [0.25, 0.3) is 0 Å². The van der Waals surface area contributed by atoms with Gasteiger partial charge in [0.1, 0.15) is 0 Å². The predicted octanol–water partition coefficient (Wildman–Crippen LogP) is 2.48. The molecule has 0 aromatic carbocycles. The van der Waals surface area contributed by atoms with Crippen molar-refractivity contribution in [3.63, 3.8) is 0 Å². The zero-order chi connectivity index (χ0) is 9.68. The first-order valence-electron chi connectivity index (χ1n) is 3.99. The maximum atomic E-state index is 10.5. The summed E-state index contributed by atoms with van der Waals surface area (Å²) in [5.41, 5.74) is 0.876. The topological polar surface area (TPSA) is 50.2 Å². The van der Waals surface area contributed by atoms with Crippen molar-refractivity contribution >= 4 is 29.1 Å². The minimum absolute atomic E-state index is 0.187. The summed E-state index contributed by atoms with van der Waals surface area (Å²) in [5.74, 6) is 0.981. The van der Waals surface area contributed by atoms with Crippen molar-refractivity contribution in [1.82, 2.24) is 4.98 Å². The monoisotopic (exact) mass is 217 g/mol. The van der Waals surface area contributed by atoms with E-state index in [4.69, 9.17) is 5.11 Å². The molecule has 0 aliphatic rings. The molecule has 0 unspecified atom stereocenters. The van der Waals surface area contributed by atoms with Gasteiger partial charge in [-0.1, -0.05) is 6.92 Å². The standard InChI is InChI=1S/C8H11NO2S2/c1-2-3-12-4-6-5-13-7(9-6)8(10)11/h5H,2-4H2,1H3,(H,10,11). The van der Waals surface area contributed by atoms with Crippen LogP contribution in [-0.2, 0) is 5.75 Å². The van der Waals surface area contributed by atoms with Gasteiger partial charge in [0.25, 0.3) is 0 Å². The van der Waals surface area contributed by atoms with E-state index in [1.807, 2.05) is 5.38 Å². The van der Waals surface area contributed by atoms with Crippen LogP contribution in [0.2, 0.25) is 0 Å². The largest absolute Gasteiger partial charge is 0.476 e. The molecular weight excluding hydrogens is 206 g/mol. The minimum atomic E-state index is -0.934. The molecule has 0 aliphatic heterocycles. The van der Waals surface area contributed by atoms with Crippen LogP contribution in [-0.4, -0.2) is 21.8 Å². The Balaban J connectivity index is 2.44. The van der Waals surface area contributed by atoms with Crippen LogP contribution in [0.5, 0.6) is 0 Å². The van der Waals surface area contributed by atoms with Crippen LogP contribution < -0.4 is 0 Å². The number of nitrogens with zero attached hydrogens (tertiary/aromatic N) is 1. The molecule has 0 radical (unpaired) electrons. The van der Waals surface area contributed by atoms with Crippen molar-refractivity contribution in [3.05, 3.63) is 16.1 Å². The van der Waals surface area contributed by atoms with Crippen LogP contribution in [0.15, 0.2) is 5.38 Å². The van der Waals surface area contributed by atoms with Gasteiger partial charge in [0, 0.05) is 11.1 Å². The number of thioether (sulfide) groups is 1. The Morgan fingerprint density at radius 1 is 1.77 bits per heavy atom. The van der Waals surface area contributed by atoms with Gasteiger partial charge in [0.05, 0.1) is 5.69 Å². The summed E-state index contributed by atoms with van der Waals surface area (Å²) in [4.78, 5) is 14.5. The highest BCUT2D eigenvalue weighted by molar-refractivity contribution is 7.98. The molecule has 1 heterocycles. The first-order chi connectivity index (χ1) is 6.24. The molecule has 1 aromatic rings. The third kappa shape index (κ3) is 3.36. The average Bonchev–Trinajstić information content (AvgIpc) is 2.53. The van der Waals surface area contributed by atoms with Gasteiger partial charge in [-0.05, 0) is 12.2 Å². The van der Waals surface area contributed by atoms with Gasteiger partial charge in [-0.25, -0.2) is 9.78 Å². The van der Waals surface area contributed by atoms with Crippen LogP contribution in [0.1, 0.15) is 28.8 Å². The zero-order valence-electron chi connectivity index (χ0n) is 7.32. The molecule has 0 fully saturated rings. The molecule has 0 saturated heterocycles. The van der Waals surface area contributed by atoms with Crippen LogP contribution >= 0.6 is 23.1 Å². The second-order valence-corrected chi connectivity index (χ2v) is 4.47. The lowest BCUT2D eigenvalue weighted by atomic mass is 10.6. The molecule has 13 heavy (non-hydrogen) atoms. The summed E-state index contributed by atoms with van der Waals surface area (Å²) in [6.07, 6.45) is 1.14. The number of aromatic nitrogens is 1. The first kappa shape index (κ1) is 10.5. The fourth-order valence-corrected chi connectivity index (χ4v) is 2.34. The lowest BCUT2D eigenvalue weighted by molar-refractivity contribution is 0.0696. The lowest BCUT2D eigenvalue weighted by Gasteiger charge is -1.93. The van der Waals surface area contributed by atoms with E-state index < -0.39 is 5.97 Å². The molecule has 72 valence electrons. The van der Waals surface area contributed by atoms with E-state index in [1.165, 1.54) is 11.3 Å². The predicted molar refractivity (Wildman–Crippen MR) is 55.5 cm³/mol. The Morgan fingerprint density at radius 3 is 3.08 bits per heavy atom. The molecule has 1 aromatic heterocycles. The second-order valence-electron chi connectivity index (χ2n) is 2.50. The summed E-state index contributed by atoms with van der Waals surface area (Å²) in [6, 6.07) is 0. The Bertz CT molecular complexity index is 285. The quantitative estimate of drug-likeness (QED) is 0.770. The van der Waals surface area contributed by atoms with E-state index in [2.05, 4.69) is 11.9 Å². The molecule has 0 atom stereocenters. The maximum Gasteiger partial charge on any atom is 0.365 e. The Kier molecular flexibility index (Phi) is 4.24. The number of carboxylic acid groups (broad SMARTS) is 1. The molecule has 5 heteroatoms. The Morgan fingerprint density at radius 2 is 2.54 bits per heavy atom. The minimum Gasteiger partial charge on any atom is -0.476 e. The van der Waals surface area contributed by atoms with E-state index in [-0.39, 0.29) is 5.01 Å². The van der Waals surface area contributed by atoms with E-state index in [0.717, 1.165) is 23.6 Å². The zero-order valence-corrected chi connectivity index (χ0v) is 8.95. The van der Waals surface area contributed by atoms with Crippen molar-refractivity contribution in [2.24, 2.45) is 0 Å². The molecule has 0 spiro atoms. The van der Waals surface area contributed by atoms with Crippen molar-refractivity contribution in [1.29, 1.82) is 0 Å². The molecule has 0 amide bonds. The second kappa shape index (κ2) is 5.24. The highest BCUT2D eigenvalue weighted by Crippen LogP contribution is 2.16. The van der Waals surface area contributed by atoms with Gasteiger partial charge >= 0.3 is 5.97 Å². The fraction of sp³-hybridized carbons (Fsp3) is 0.500. The third-order valence-electron chi connectivity index (χ3n) is 1.33. The highest BCUT2D eigenvalue weighted by Gasteiger charge is 2.08. The van der Waals surface area contributed by atoms with Gasteiger partial charge in [-0.2, -0.15) is 11.8 Å². The number of carbonyl (C=O) groups is 1. The summed E-state index contributed by atoms with van der Waals surface area (Å²) in [7, 11) is 0. The number of thiazole rings is 1. The van der Waals surface area contributed by atoms with Crippen LogP contribution in [0.3, 0.4) is 0 Å². The van der Waals surface area contributed by atoms with Gasteiger partial charge < -0.3 is 5.11 Å². The molecule has 0 saturated carbocycles. The van der Waals surface area contributed by atoms with Crippen molar-refractivity contribution in [3.8, 4) is 0 Å². The number of carboxylic acids is 1. The van der Waals surface area contributed by atoms with Crippen molar-refractivity contribution in [2.45, 2.75) is 19.1 Å². The molecule has 1 N–H and O–H groups in total. The van der Waals surface area contributed by atoms with Crippen LogP contribution in [0, 0.1) is 0 Å². The number of hydrogen-bond donors (Lipinski definition) is 1. The van der Waals surface area contributed by atoms with Crippen molar-refractivity contribution < 1.29 is 9.90 Å². The van der Waals surface area contributed by atoms with Gasteiger partial charge in [0.2, 0.25) is 5.01 Å². The number of hydrogen-bond acceptors (Lipinski definition) is 4. The maximum absolute atomic E-state index is 10.5. The Labute approximate surface area is 85.2 Å². The van der Waals surface area contributed by atoms with Crippen LogP contribution in [0.4, 0.5) is 0 Å². The summed E-state index contributed by atoms with van der Waals surface area (Å²) in [5, 5.41) is 10.6. The molecule has 0 aliphatic carbocycles. The number of rotatable bonds is 5. The van der Waals surface area contributed by atoms with E-state index in [0.29, 0.717) is 0 Å².